The third kappa shape index (κ3) is 4.30. The van der Waals surface area contributed by atoms with Gasteiger partial charge in [-0.1, -0.05) is 0 Å². The van der Waals surface area contributed by atoms with E-state index in [0.29, 0.717) is 25.3 Å². The maximum absolute atomic E-state index is 11.9. The van der Waals surface area contributed by atoms with Crippen molar-refractivity contribution in [2.75, 3.05) is 26.9 Å². The van der Waals surface area contributed by atoms with Crippen molar-refractivity contribution < 1.29 is 19.0 Å². The number of nitrogens with zero attached hydrogens (tertiary/aromatic N) is 2. The molecule has 0 saturated carbocycles. The molecule has 134 valence electrons. The molecule has 0 bridgehead atoms. The van der Waals surface area contributed by atoms with Gasteiger partial charge in [0.15, 0.2) is 6.61 Å². The van der Waals surface area contributed by atoms with E-state index in [0.717, 1.165) is 30.0 Å². The van der Waals surface area contributed by atoms with Gasteiger partial charge in [0, 0.05) is 37.7 Å². The number of benzene rings is 1. The second kappa shape index (κ2) is 8.02. The Bertz CT molecular complexity index is 725. The highest BCUT2D eigenvalue weighted by molar-refractivity contribution is 5.77. The van der Waals surface area contributed by atoms with E-state index < -0.39 is 0 Å². The Kier molecular flexibility index (Phi) is 5.55. The molecule has 7 heteroatoms. The first-order valence-electron chi connectivity index (χ1n) is 8.32. The second-order valence-electron chi connectivity index (χ2n) is 5.86. The van der Waals surface area contributed by atoms with Crippen molar-refractivity contribution in [3.63, 3.8) is 0 Å². The highest BCUT2D eigenvalue weighted by atomic mass is 16.5. The summed E-state index contributed by atoms with van der Waals surface area (Å²) in [5.41, 5.74) is 3.39. The minimum Gasteiger partial charge on any atom is -0.497 e. The Hall–Kier alpha value is -2.54. The molecule has 0 atom stereocenters. The second-order valence-corrected chi connectivity index (χ2v) is 5.86. The number of nitrogens with one attached hydrogen (secondary N) is 1. The predicted octanol–water partition coefficient (Wildman–Crippen LogP) is 1.24. The maximum atomic E-state index is 11.9. The Morgan fingerprint density at radius 1 is 1.32 bits per heavy atom. The van der Waals surface area contributed by atoms with Gasteiger partial charge in [-0.15, -0.1) is 0 Å². The quantitative estimate of drug-likeness (QED) is 0.817. The monoisotopic (exact) mass is 345 g/mol. The standard InChI is InChI=1S/C18H23N3O4/c1-21-17-8-10-24-11-15(17)16(20-21)7-9-19-18(22)12-25-14-5-3-13(23-2)4-6-14/h3-6H,7-12H2,1-2H3,(H,19,22). The van der Waals surface area contributed by atoms with Gasteiger partial charge in [0.05, 0.1) is 26.0 Å². The third-order valence-corrected chi connectivity index (χ3v) is 4.20. The number of aromatic nitrogens is 2. The average Bonchev–Trinajstić information content (AvgIpc) is 2.97. The van der Waals surface area contributed by atoms with Gasteiger partial charge in [-0.05, 0) is 24.3 Å². The lowest BCUT2D eigenvalue weighted by Crippen LogP contribution is -2.30. The van der Waals surface area contributed by atoms with Gasteiger partial charge in [-0.2, -0.15) is 5.10 Å². The van der Waals surface area contributed by atoms with Gasteiger partial charge in [-0.3, -0.25) is 9.48 Å². The largest absolute Gasteiger partial charge is 0.497 e. The van der Waals surface area contributed by atoms with Crippen LogP contribution in [-0.4, -0.2) is 42.6 Å². The summed E-state index contributed by atoms with van der Waals surface area (Å²) in [6.07, 6.45) is 1.57. The molecule has 2 aromatic rings. The summed E-state index contributed by atoms with van der Waals surface area (Å²) in [4.78, 5) is 11.9. The fraction of sp³-hybridized carbons (Fsp3) is 0.444. The molecule has 0 saturated heterocycles. The first kappa shape index (κ1) is 17.3. The Morgan fingerprint density at radius 2 is 2.08 bits per heavy atom. The summed E-state index contributed by atoms with van der Waals surface area (Å²) in [5.74, 6) is 1.23. The molecule has 7 nitrogen and oxygen atoms in total. The van der Waals surface area contributed by atoms with E-state index in [2.05, 4.69) is 10.4 Å². The Labute approximate surface area is 146 Å². The first-order valence-corrected chi connectivity index (χ1v) is 8.32. The van der Waals surface area contributed by atoms with Gasteiger partial charge in [0.25, 0.3) is 5.91 Å². The smallest absolute Gasteiger partial charge is 0.257 e. The van der Waals surface area contributed by atoms with Crippen molar-refractivity contribution in [1.29, 1.82) is 0 Å². The molecule has 1 aliphatic rings. The summed E-state index contributed by atoms with van der Waals surface area (Å²) < 4.78 is 18.0. The molecule has 2 heterocycles. The summed E-state index contributed by atoms with van der Waals surface area (Å²) >= 11 is 0. The van der Waals surface area contributed by atoms with Gasteiger partial charge in [-0.25, -0.2) is 0 Å². The van der Waals surface area contributed by atoms with Crippen LogP contribution in [0, 0.1) is 0 Å². The van der Waals surface area contributed by atoms with E-state index >= 15 is 0 Å². The van der Waals surface area contributed by atoms with E-state index in [9.17, 15) is 4.79 Å². The molecule has 1 amide bonds. The molecule has 1 N–H and O–H groups in total. The number of carbonyl (C=O) groups excluding carboxylic acids is 1. The van der Waals surface area contributed by atoms with Crippen molar-refractivity contribution in [1.82, 2.24) is 15.1 Å². The summed E-state index contributed by atoms with van der Waals surface area (Å²) in [6.45, 7) is 1.85. The molecule has 0 fully saturated rings. The van der Waals surface area contributed by atoms with Crippen LogP contribution in [0.2, 0.25) is 0 Å². The molecule has 1 aromatic carbocycles. The number of aryl methyl sites for hydroxylation is 1. The molecular formula is C18H23N3O4. The highest BCUT2D eigenvalue weighted by Crippen LogP contribution is 2.20. The lowest BCUT2D eigenvalue weighted by molar-refractivity contribution is -0.123. The number of rotatable bonds is 7. The van der Waals surface area contributed by atoms with Crippen LogP contribution in [0.4, 0.5) is 0 Å². The van der Waals surface area contributed by atoms with Crippen LogP contribution in [0.25, 0.3) is 0 Å². The van der Waals surface area contributed by atoms with Crippen molar-refractivity contribution in [3.8, 4) is 11.5 Å². The van der Waals surface area contributed by atoms with Crippen LogP contribution in [-0.2, 0) is 36.0 Å². The first-order chi connectivity index (χ1) is 12.2. The summed E-state index contributed by atoms with van der Waals surface area (Å²) in [6, 6.07) is 7.12. The molecular weight excluding hydrogens is 322 g/mol. The molecule has 0 radical (unpaired) electrons. The van der Waals surface area contributed by atoms with Crippen LogP contribution in [0.3, 0.4) is 0 Å². The zero-order chi connectivity index (χ0) is 17.6. The maximum Gasteiger partial charge on any atom is 0.257 e. The van der Waals surface area contributed by atoms with E-state index in [4.69, 9.17) is 14.2 Å². The minimum absolute atomic E-state index is 0.0181. The average molecular weight is 345 g/mol. The molecule has 0 unspecified atom stereocenters. The number of hydrogen-bond donors (Lipinski definition) is 1. The fourth-order valence-corrected chi connectivity index (χ4v) is 2.88. The van der Waals surface area contributed by atoms with Crippen molar-refractivity contribution in [2.45, 2.75) is 19.4 Å². The number of hydrogen-bond acceptors (Lipinski definition) is 5. The van der Waals surface area contributed by atoms with Gasteiger partial charge in [0.1, 0.15) is 11.5 Å². The Morgan fingerprint density at radius 3 is 2.84 bits per heavy atom. The van der Waals surface area contributed by atoms with Crippen LogP contribution < -0.4 is 14.8 Å². The molecule has 1 aromatic heterocycles. The number of ether oxygens (including phenoxy) is 3. The zero-order valence-electron chi connectivity index (χ0n) is 14.6. The Balaban J connectivity index is 1.43. The van der Waals surface area contributed by atoms with Crippen LogP contribution in [0.1, 0.15) is 17.0 Å². The van der Waals surface area contributed by atoms with Crippen LogP contribution >= 0.6 is 0 Å². The minimum atomic E-state index is -0.156. The van der Waals surface area contributed by atoms with E-state index in [1.165, 1.54) is 5.69 Å². The van der Waals surface area contributed by atoms with E-state index in [1.807, 2.05) is 11.7 Å². The molecule has 0 aliphatic carbocycles. The summed E-state index contributed by atoms with van der Waals surface area (Å²) in [5, 5.41) is 7.40. The highest BCUT2D eigenvalue weighted by Gasteiger charge is 2.19. The molecule has 25 heavy (non-hydrogen) atoms. The normalized spacial score (nSPS) is 13.2. The number of fused-ring (bicyclic) bond motifs is 1. The third-order valence-electron chi connectivity index (χ3n) is 4.20. The van der Waals surface area contributed by atoms with Crippen molar-refractivity contribution in [3.05, 3.63) is 41.2 Å². The predicted molar refractivity (Wildman–Crippen MR) is 91.8 cm³/mol. The topological polar surface area (TPSA) is 74.6 Å². The van der Waals surface area contributed by atoms with Crippen molar-refractivity contribution in [2.24, 2.45) is 7.05 Å². The van der Waals surface area contributed by atoms with E-state index in [-0.39, 0.29) is 12.5 Å². The number of carbonyl (C=O) groups is 1. The molecule has 3 rings (SSSR count). The van der Waals surface area contributed by atoms with Crippen LogP contribution in [0.15, 0.2) is 24.3 Å². The van der Waals surface area contributed by atoms with Crippen LogP contribution in [0.5, 0.6) is 11.5 Å². The summed E-state index contributed by atoms with van der Waals surface area (Å²) in [7, 11) is 3.56. The van der Waals surface area contributed by atoms with Gasteiger partial charge in [0.2, 0.25) is 0 Å². The van der Waals surface area contributed by atoms with Crippen molar-refractivity contribution >= 4 is 5.91 Å². The van der Waals surface area contributed by atoms with Gasteiger partial charge < -0.3 is 19.5 Å². The fourth-order valence-electron chi connectivity index (χ4n) is 2.88. The zero-order valence-corrected chi connectivity index (χ0v) is 14.6. The lowest BCUT2D eigenvalue weighted by atomic mass is 10.1. The molecule has 1 aliphatic heterocycles. The lowest BCUT2D eigenvalue weighted by Gasteiger charge is -2.13. The SMILES string of the molecule is COc1ccc(OCC(=O)NCCc2nn(C)c3c2COCC3)cc1. The number of amides is 1. The molecule has 0 spiro atoms. The number of methoxy groups -OCH3 is 1. The van der Waals surface area contributed by atoms with E-state index in [1.54, 1.807) is 31.4 Å². The van der Waals surface area contributed by atoms with Gasteiger partial charge >= 0.3 is 0 Å².